The lowest BCUT2D eigenvalue weighted by molar-refractivity contribution is 0.0925. The number of nitrogens with zero attached hydrogens (tertiary/aromatic N) is 5. The van der Waals surface area contributed by atoms with Gasteiger partial charge in [-0.05, 0) is 56.4 Å². The van der Waals surface area contributed by atoms with Crippen molar-refractivity contribution >= 4 is 28.6 Å². The van der Waals surface area contributed by atoms with Gasteiger partial charge in [0.05, 0.1) is 28.7 Å². The molecule has 2 aromatic heterocycles. The van der Waals surface area contributed by atoms with Crippen molar-refractivity contribution in [3.63, 3.8) is 0 Å². The number of hydrogen-bond acceptors (Lipinski definition) is 6. The van der Waals surface area contributed by atoms with E-state index >= 15 is 0 Å². The first-order chi connectivity index (χ1) is 18.0. The molecule has 2 aromatic carbocycles. The van der Waals surface area contributed by atoms with Crippen LogP contribution in [0.3, 0.4) is 0 Å². The number of rotatable bonds is 8. The highest BCUT2D eigenvalue weighted by atomic mass is 16.1. The van der Waals surface area contributed by atoms with Gasteiger partial charge in [0, 0.05) is 31.6 Å². The van der Waals surface area contributed by atoms with E-state index in [1.54, 1.807) is 6.20 Å². The Labute approximate surface area is 218 Å². The summed E-state index contributed by atoms with van der Waals surface area (Å²) in [6.07, 6.45) is 7.17. The Morgan fingerprint density at radius 2 is 1.68 bits per heavy atom. The normalized spacial score (nSPS) is 17.5. The van der Waals surface area contributed by atoms with Gasteiger partial charge in [-0.2, -0.15) is 10.1 Å². The lowest BCUT2D eigenvalue weighted by Crippen LogP contribution is -2.40. The average molecular weight is 498 g/mol. The number of benzene rings is 2. The first kappa shape index (κ1) is 24.7. The summed E-state index contributed by atoms with van der Waals surface area (Å²) in [7, 11) is 4.00. The van der Waals surface area contributed by atoms with Gasteiger partial charge in [-0.25, -0.2) is 9.67 Å². The Balaban J connectivity index is 1.22. The third-order valence-corrected chi connectivity index (χ3v) is 7.00. The van der Waals surface area contributed by atoms with Crippen molar-refractivity contribution in [3.05, 3.63) is 72.1 Å². The molecule has 0 radical (unpaired) electrons. The molecular formula is C29H35N7O. The molecule has 0 spiro atoms. The summed E-state index contributed by atoms with van der Waals surface area (Å²) in [6.45, 7) is 2.12. The summed E-state index contributed by atoms with van der Waals surface area (Å²) < 4.78 is 1.89. The maximum atomic E-state index is 13.2. The van der Waals surface area contributed by atoms with Crippen molar-refractivity contribution in [2.24, 2.45) is 0 Å². The smallest absolute Gasteiger partial charge is 0.254 e. The second kappa shape index (κ2) is 11.0. The van der Waals surface area contributed by atoms with Crippen molar-refractivity contribution in [2.45, 2.75) is 57.5 Å². The van der Waals surface area contributed by atoms with E-state index in [0.29, 0.717) is 11.5 Å². The minimum Gasteiger partial charge on any atom is -0.362 e. The maximum absolute atomic E-state index is 13.2. The van der Waals surface area contributed by atoms with Crippen molar-refractivity contribution in [1.82, 2.24) is 25.1 Å². The van der Waals surface area contributed by atoms with Crippen molar-refractivity contribution in [2.75, 3.05) is 24.3 Å². The highest BCUT2D eigenvalue weighted by Gasteiger charge is 2.26. The van der Waals surface area contributed by atoms with Crippen LogP contribution in [0.15, 0.2) is 60.8 Å². The molecule has 1 aliphatic carbocycles. The van der Waals surface area contributed by atoms with Crippen LogP contribution in [-0.4, -0.2) is 51.8 Å². The molecule has 8 heteroatoms. The molecule has 0 aliphatic heterocycles. The molecule has 37 heavy (non-hydrogen) atoms. The van der Waals surface area contributed by atoms with Crippen LogP contribution in [0.4, 0.5) is 11.8 Å². The van der Waals surface area contributed by atoms with E-state index in [1.807, 2.05) is 72.2 Å². The number of fused-ring (bicyclic) bond motifs is 1. The summed E-state index contributed by atoms with van der Waals surface area (Å²) in [6, 6.07) is 18.5. The monoisotopic (exact) mass is 497 g/mol. The molecule has 2 N–H and O–H groups in total. The standard InChI is InChI=1S/C29H35N7O/c1-4-10-26-24(19-30-36(26)22-11-6-5-7-12-22)28(37)31-20-15-17-21(18-16-20)32-29-33-25-14-9-8-13-23(25)27(34-29)35(2)3/h5-9,11-14,19-21H,4,10,15-18H2,1-3H3,(H,31,37)(H,32,33,34). The number of nitrogens with one attached hydrogen (secondary N) is 2. The van der Waals surface area contributed by atoms with E-state index in [1.165, 1.54) is 0 Å². The number of carbonyl (C=O) groups excluding carboxylic acids is 1. The molecule has 2 heterocycles. The first-order valence-corrected chi connectivity index (χ1v) is 13.2. The molecule has 1 fully saturated rings. The minimum absolute atomic E-state index is 0.0319. The van der Waals surface area contributed by atoms with Crippen LogP contribution in [0, 0.1) is 0 Å². The van der Waals surface area contributed by atoms with Crippen LogP contribution in [0.5, 0.6) is 0 Å². The number of anilines is 2. The maximum Gasteiger partial charge on any atom is 0.254 e. The fraction of sp³-hybridized carbons (Fsp3) is 0.379. The fourth-order valence-electron chi connectivity index (χ4n) is 5.13. The summed E-state index contributed by atoms with van der Waals surface area (Å²) in [5, 5.41) is 12.4. The molecule has 0 unspecified atom stereocenters. The van der Waals surface area contributed by atoms with Crippen LogP contribution >= 0.6 is 0 Å². The molecular weight excluding hydrogens is 462 g/mol. The summed E-state index contributed by atoms with van der Waals surface area (Å²) >= 11 is 0. The van der Waals surface area contributed by atoms with E-state index < -0.39 is 0 Å². The van der Waals surface area contributed by atoms with Crippen molar-refractivity contribution < 1.29 is 4.79 Å². The quantitative estimate of drug-likeness (QED) is 0.357. The second-order valence-corrected chi connectivity index (χ2v) is 9.95. The largest absolute Gasteiger partial charge is 0.362 e. The van der Waals surface area contributed by atoms with Gasteiger partial charge in [0.15, 0.2) is 0 Å². The zero-order valence-corrected chi connectivity index (χ0v) is 21.8. The predicted molar refractivity (Wildman–Crippen MR) is 149 cm³/mol. The van der Waals surface area contributed by atoms with Gasteiger partial charge in [0.2, 0.25) is 5.95 Å². The molecule has 0 bridgehead atoms. The van der Waals surface area contributed by atoms with E-state index in [9.17, 15) is 4.79 Å². The van der Waals surface area contributed by atoms with Gasteiger partial charge in [-0.15, -0.1) is 0 Å². The van der Waals surface area contributed by atoms with E-state index in [0.717, 1.165) is 66.6 Å². The molecule has 0 atom stereocenters. The number of amides is 1. The van der Waals surface area contributed by atoms with Crippen LogP contribution in [0.1, 0.15) is 55.1 Å². The van der Waals surface area contributed by atoms with Crippen molar-refractivity contribution in [3.8, 4) is 5.69 Å². The first-order valence-electron chi connectivity index (χ1n) is 13.2. The van der Waals surface area contributed by atoms with Gasteiger partial charge >= 0.3 is 0 Å². The lowest BCUT2D eigenvalue weighted by atomic mass is 9.91. The van der Waals surface area contributed by atoms with Crippen LogP contribution in [0.2, 0.25) is 0 Å². The van der Waals surface area contributed by atoms with Gasteiger partial charge in [0.1, 0.15) is 5.82 Å². The van der Waals surface area contributed by atoms with Gasteiger partial charge in [-0.1, -0.05) is 43.7 Å². The van der Waals surface area contributed by atoms with E-state index in [-0.39, 0.29) is 18.0 Å². The second-order valence-electron chi connectivity index (χ2n) is 9.95. The Kier molecular flexibility index (Phi) is 7.35. The predicted octanol–water partition coefficient (Wildman–Crippen LogP) is 4.99. The molecule has 1 saturated carbocycles. The van der Waals surface area contributed by atoms with Crippen LogP contribution in [0.25, 0.3) is 16.6 Å². The minimum atomic E-state index is -0.0319. The SMILES string of the molecule is CCCc1c(C(=O)NC2CCC(Nc3nc(N(C)C)c4ccccc4n3)CC2)cnn1-c1ccccc1. The van der Waals surface area contributed by atoms with E-state index in [2.05, 4.69) is 28.7 Å². The number of aromatic nitrogens is 4. The molecule has 8 nitrogen and oxygen atoms in total. The molecule has 0 saturated heterocycles. The van der Waals surface area contributed by atoms with Gasteiger partial charge in [-0.3, -0.25) is 4.79 Å². The Bertz CT molecular complexity index is 1360. The van der Waals surface area contributed by atoms with Gasteiger partial charge in [0.25, 0.3) is 5.91 Å². The third kappa shape index (κ3) is 5.43. The average Bonchev–Trinajstić information content (AvgIpc) is 3.34. The molecule has 1 aliphatic rings. The molecule has 4 aromatic rings. The lowest BCUT2D eigenvalue weighted by Gasteiger charge is -2.30. The zero-order valence-electron chi connectivity index (χ0n) is 21.8. The zero-order chi connectivity index (χ0) is 25.8. The third-order valence-electron chi connectivity index (χ3n) is 7.00. The molecule has 5 rings (SSSR count). The Morgan fingerprint density at radius 3 is 2.41 bits per heavy atom. The van der Waals surface area contributed by atoms with E-state index in [4.69, 9.17) is 9.97 Å². The molecule has 192 valence electrons. The summed E-state index contributed by atoms with van der Waals surface area (Å²) in [4.78, 5) is 24.8. The molecule has 1 amide bonds. The van der Waals surface area contributed by atoms with Gasteiger partial charge < -0.3 is 15.5 Å². The number of para-hydroxylation sites is 2. The Morgan fingerprint density at radius 1 is 0.973 bits per heavy atom. The number of carbonyl (C=O) groups is 1. The highest BCUT2D eigenvalue weighted by Crippen LogP contribution is 2.27. The van der Waals surface area contributed by atoms with Crippen LogP contribution < -0.4 is 15.5 Å². The fourth-order valence-corrected chi connectivity index (χ4v) is 5.13. The summed E-state index contributed by atoms with van der Waals surface area (Å²) in [5.74, 6) is 1.54. The Hall–Kier alpha value is -3.94. The summed E-state index contributed by atoms with van der Waals surface area (Å²) in [5.41, 5.74) is 3.55. The number of hydrogen-bond donors (Lipinski definition) is 2. The topological polar surface area (TPSA) is 88.0 Å². The van der Waals surface area contributed by atoms with Crippen molar-refractivity contribution in [1.29, 1.82) is 0 Å². The van der Waals surface area contributed by atoms with Crippen LogP contribution in [-0.2, 0) is 6.42 Å². The highest BCUT2D eigenvalue weighted by molar-refractivity contribution is 5.95.